The molecule has 1 fully saturated rings. The van der Waals surface area contributed by atoms with Gasteiger partial charge in [-0.25, -0.2) is 9.97 Å². The molecule has 1 saturated carbocycles. The van der Waals surface area contributed by atoms with Crippen molar-refractivity contribution in [1.82, 2.24) is 9.97 Å². The molecule has 0 bridgehead atoms. The van der Waals surface area contributed by atoms with Gasteiger partial charge < -0.3 is 10.2 Å². The van der Waals surface area contributed by atoms with Crippen LogP contribution in [-0.2, 0) is 0 Å². The molecule has 0 radical (unpaired) electrons. The zero-order valence-corrected chi connectivity index (χ0v) is 10.1. The van der Waals surface area contributed by atoms with E-state index in [4.69, 9.17) is 0 Å². The Labute approximate surface area is 97.1 Å². The second-order valence-electron chi connectivity index (χ2n) is 4.54. The van der Waals surface area contributed by atoms with E-state index in [9.17, 15) is 0 Å². The van der Waals surface area contributed by atoms with Gasteiger partial charge in [0, 0.05) is 26.7 Å². The lowest BCUT2D eigenvalue weighted by Crippen LogP contribution is -2.25. The van der Waals surface area contributed by atoms with Crippen molar-refractivity contribution in [2.75, 3.05) is 30.9 Å². The van der Waals surface area contributed by atoms with Crippen LogP contribution in [0, 0.1) is 5.92 Å². The number of hydrogen-bond acceptors (Lipinski definition) is 4. The fourth-order valence-electron chi connectivity index (χ4n) is 2.37. The Morgan fingerprint density at radius 3 is 2.81 bits per heavy atom. The molecule has 0 atom stereocenters. The van der Waals surface area contributed by atoms with Crippen LogP contribution < -0.4 is 10.2 Å². The summed E-state index contributed by atoms with van der Waals surface area (Å²) in [5, 5.41) is 3.04. The molecule has 2 rings (SSSR count). The van der Waals surface area contributed by atoms with E-state index in [0.717, 1.165) is 24.1 Å². The van der Waals surface area contributed by atoms with Gasteiger partial charge in [0.25, 0.3) is 0 Å². The van der Waals surface area contributed by atoms with Gasteiger partial charge in [-0.05, 0) is 18.8 Å². The third-order valence-corrected chi connectivity index (χ3v) is 3.31. The normalized spacial score (nSPS) is 16.4. The van der Waals surface area contributed by atoms with Crippen molar-refractivity contribution >= 4 is 11.6 Å². The van der Waals surface area contributed by atoms with E-state index in [1.54, 1.807) is 6.33 Å². The number of rotatable bonds is 4. The van der Waals surface area contributed by atoms with Gasteiger partial charge in [-0.1, -0.05) is 12.8 Å². The van der Waals surface area contributed by atoms with Crippen LogP contribution in [0.5, 0.6) is 0 Å². The van der Waals surface area contributed by atoms with Gasteiger partial charge in [0.2, 0.25) is 0 Å². The molecule has 16 heavy (non-hydrogen) atoms. The van der Waals surface area contributed by atoms with Crippen LogP contribution in [0.3, 0.4) is 0 Å². The highest BCUT2D eigenvalue weighted by Gasteiger charge is 2.17. The molecule has 4 heteroatoms. The van der Waals surface area contributed by atoms with Crippen LogP contribution in [-0.4, -0.2) is 30.6 Å². The van der Waals surface area contributed by atoms with E-state index in [0.29, 0.717) is 0 Å². The zero-order chi connectivity index (χ0) is 11.4. The van der Waals surface area contributed by atoms with Gasteiger partial charge in [0.1, 0.15) is 18.0 Å². The molecule has 0 spiro atoms. The maximum atomic E-state index is 4.30. The van der Waals surface area contributed by atoms with Crippen molar-refractivity contribution in [3.63, 3.8) is 0 Å². The number of nitrogens with one attached hydrogen (secondary N) is 1. The van der Waals surface area contributed by atoms with Gasteiger partial charge in [-0.2, -0.15) is 0 Å². The second-order valence-corrected chi connectivity index (χ2v) is 4.54. The average Bonchev–Trinajstić information content (AvgIpc) is 2.82. The monoisotopic (exact) mass is 220 g/mol. The largest absolute Gasteiger partial charge is 0.373 e. The summed E-state index contributed by atoms with van der Waals surface area (Å²) in [6.07, 6.45) is 7.14. The van der Waals surface area contributed by atoms with Gasteiger partial charge in [0.15, 0.2) is 0 Å². The molecule has 1 aromatic heterocycles. The van der Waals surface area contributed by atoms with E-state index in [2.05, 4.69) is 27.2 Å². The number of aromatic nitrogens is 2. The molecule has 1 aromatic rings. The highest BCUT2D eigenvalue weighted by atomic mass is 15.2. The van der Waals surface area contributed by atoms with Crippen molar-refractivity contribution in [3.05, 3.63) is 12.4 Å². The smallest absolute Gasteiger partial charge is 0.133 e. The van der Waals surface area contributed by atoms with Crippen LogP contribution >= 0.6 is 0 Å². The molecule has 0 aliphatic heterocycles. The average molecular weight is 220 g/mol. The number of hydrogen-bond donors (Lipinski definition) is 1. The van der Waals surface area contributed by atoms with E-state index < -0.39 is 0 Å². The maximum Gasteiger partial charge on any atom is 0.133 e. The first kappa shape index (κ1) is 11.2. The highest BCUT2D eigenvalue weighted by Crippen LogP contribution is 2.26. The first-order valence-corrected chi connectivity index (χ1v) is 6.00. The Hall–Kier alpha value is -1.32. The molecule has 0 aromatic carbocycles. The van der Waals surface area contributed by atoms with Crippen LogP contribution in [0.25, 0.3) is 0 Å². The van der Waals surface area contributed by atoms with Crippen LogP contribution in [0.2, 0.25) is 0 Å². The topological polar surface area (TPSA) is 41.0 Å². The molecular weight excluding hydrogens is 200 g/mol. The minimum absolute atomic E-state index is 0.845. The third-order valence-electron chi connectivity index (χ3n) is 3.31. The van der Waals surface area contributed by atoms with Crippen LogP contribution in [0.15, 0.2) is 12.4 Å². The second kappa shape index (κ2) is 5.14. The SMILES string of the molecule is CNc1cc(N(C)CC2CCCC2)ncn1. The predicted molar refractivity (Wildman–Crippen MR) is 66.8 cm³/mol. The minimum atomic E-state index is 0.845. The van der Waals surface area contributed by atoms with Gasteiger partial charge in [-0.3, -0.25) is 0 Å². The van der Waals surface area contributed by atoms with Crippen molar-refractivity contribution in [2.24, 2.45) is 5.92 Å². The maximum absolute atomic E-state index is 4.30. The van der Waals surface area contributed by atoms with E-state index in [1.807, 2.05) is 13.1 Å². The van der Waals surface area contributed by atoms with E-state index >= 15 is 0 Å². The number of nitrogens with zero attached hydrogens (tertiary/aromatic N) is 3. The standard InChI is InChI=1S/C12H20N4/c1-13-11-7-12(15-9-14-11)16(2)8-10-5-3-4-6-10/h7,9-10H,3-6,8H2,1-2H3,(H,13,14,15). The fourth-order valence-corrected chi connectivity index (χ4v) is 2.37. The van der Waals surface area contributed by atoms with E-state index in [-0.39, 0.29) is 0 Å². The fraction of sp³-hybridized carbons (Fsp3) is 0.667. The molecule has 0 amide bonds. The quantitative estimate of drug-likeness (QED) is 0.844. The highest BCUT2D eigenvalue weighted by molar-refractivity contribution is 5.47. The van der Waals surface area contributed by atoms with Crippen molar-refractivity contribution in [2.45, 2.75) is 25.7 Å². The van der Waals surface area contributed by atoms with Gasteiger partial charge >= 0.3 is 0 Å². The molecule has 88 valence electrons. The van der Waals surface area contributed by atoms with Crippen molar-refractivity contribution in [3.8, 4) is 0 Å². The molecule has 1 aliphatic carbocycles. The zero-order valence-electron chi connectivity index (χ0n) is 10.1. The van der Waals surface area contributed by atoms with Crippen LogP contribution in [0.1, 0.15) is 25.7 Å². The summed E-state index contributed by atoms with van der Waals surface area (Å²) in [5.74, 6) is 2.73. The lowest BCUT2D eigenvalue weighted by Gasteiger charge is -2.22. The molecular formula is C12H20N4. The Bertz CT molecular complexity index is 334. The summed E-state index contributed by atoms with van der Waals surface area (Å²) in [7, 11) is 3.99. The lowest BCUT2D eigenvalue weighted by atomic mass is 10.1. The summed E-state index contributed by atoms with van der Waals surface area (Å²) < 4.78 is 0. The molecule has 1 aliphatic rings. The summed E-state index contributed by atoms with van der Waals surface area (Å²) in [4.78, 5) is 10.7. The Morgan fingerprint density at radius 1 is 1.38 bits per heavy atom. The first-order chi connectivity index (χ1) is 7.79. The molecule has 1 heterocycles. The minimum Gasteiger partial charge on any atom is -0.373 e. The Morgan fingerprint density at radius 2 is 2.12 bits per heavy atom. The summed E-state index contributed by atoms with van der Waals surface area (Å²) in [5.41, 5.74) is 0. The molecule has 4 nitrogen and oxygen atoms in total. The summed E-state index contributed by atoms with van der Waals surface area (Å²) in [6.45, 7) is 1.11. The Balaban J connectivity index is 1.98. The lowest BCUT2D eigenvalue weighted by molar-refractivity contribution is 0.545. The first-order valence-electron chi connectivity index (χ1n) is 6.00. The van der Waals surface area contributed by atoms with Crippen LogP contribution in [0.4, 0.5) is 11.6 Å². The Kier molecular flexibility index (Phi) is 3.59. The molecule has 1 N–H and O–H groups in total. The van der Waals surface area contributed by atoms with Gasteiger partial charge in [0.05, 0.1) is 0 Å². The summed E-state index contributed by atoms with van der Waals surface area (Å²) >= 11 is 0. The van der Waals surface area contributed by atoms with Gasteiger partial charge in [-0.15, -0.1) is 0 Å². The predicted octanol–water partition coefficient (Wildman–Crippen LogP) is 2.14. The molecule has 0 unspecified atom stereocenters. The summed E-state index contributed by atoms with van der Waals surface area (Å²) in [6, 6.07) is 1.99. The number of anilines is 2. The van der Waals surface area contributed by atoms with Crippen molar-refractivity contribution in [1.29, 1.82) is 0 Å². The van der Waals surface area contributed by atoms with E-state index in [1.165, 1.54) is 25.7 Å². The third kappa shape index (κ3) is 2.62. The molecule has 0 saturated heterocycles. The van der Waals surface area contributed by atoms with Crippen molar-refractivity contribution < 1.29 is 0 Å².